The van der Waals surface area contributed by atoms with E-state index in [4.69, 9.17) is 4.98 Å². The maximum absolute atomic E-state index is 4.97. The molecule has 0 saturated heterocycles. The third-order valence-corrected chi connectivity index (χ3v) is 7.11. The van der Waals surface area contributed by atoms with Gasteiger partial charge < -0.3 is 0 Å². The average molecular weight is 458 g/mol. The first-order valence-electron chi connectivity index (χ1n) is 12.3. The molecule has 1 heteroatoms. The number of pyridine rings is 1. The molecule has 1 heterocycles. The Morgan fingerprint density at radius 3 is 1.50 bits per heavy atom. The number of nitrogens with zero attached hydrogens (tertiary/aromatic N) is 1. The van der Waals surface area contributed by atoms with Crippen molar-refractivity contribution >= 4 is 32.3 Å². The monoisotopic (exact) mass is 457 g/mol. The van der Waals surface area contributed by atoms with Crippen LogP contribution in [0.2, 0.25) is 0 Å². The molecule has 168 valence electrons. The minimum absolute atomic E-state index is 0.991. The zero-order valence-electron chi connectivity index (χ0n) is 19.7. The second-order valence-electron chi connectivity index (χ2n) is 9.17. The Morgan fingerprint density at radius 1 is 0.361 bits per heavy atom. The van der Waals surface area contributed by atoms with Crippen molar-refractivity contribution in [1.29, 1.82) is 0 Å². The van der Waals surface area contributed by atoms with Gasteiger partial charge in [-0.15, -0.1) is 0 Å². The molecule has 0 aliphatic carbocycles. The Bertz CT molecular complexity index is 1800. The van der Waals surface area contributed by atoms with Gasteiger partial charge in [-0.3, -0.25) is 4.98 Å². The maximum atomic E-state index is 4.97. The van der Waals surface area contributed by atoms with E-state index in [0.717, 1.165) is 16.8 Å². The summed E-state index contributed by atoms with van der Waals surface area (Å²) >= 11 is 0. The van der Waals surface area contributed by atoms with Crippen molar-refractivity contribution in [2.75, 3.05) is 0 Å². The van der Waals surface area contributed by atoms with Crippen LogP contribution < -0.4 is 0 Å². The first kappa shape index (κ1) is 20.6. The zero-order valence-corrected chi connectivity index (χ0v) is 19.7. The van der Waals surface area contributed by atoms with Crippen LogP contribution >= 0.6 is 0 Å². The minimum Gasteiger partial charge on any atom is -0.256 e. The molecule has 0 bridgehead atoms. The molecule has 0 saturated carbocycles. The van der Waals surface area contributed by atoms with Gasteiger partial charge in [-0.05, 0) is 55.1 Å². The smallest absolute Gasteiger partial charge is 0.0708 e. The second-order valence-corrected chi connectivity index (χ2v) is 9.17. The number of hydrogen-bond acceptors (Lipinski definition) is 1. The summed E-state index contributed by atoms with van der Waals surface area (Å²) in [5.41, 5.74) is 7.04. The molecule has 0 aliphatic rings. The third kappa shape index (κ3) is 3.29. The lowest BCUT2D eigenvalue weighted by atomic mass is 9.86. The lowest BCUT2D eigenvalue weighted by Gasteiger charge is -2.17. The van der Waals surface area contributed by atoms with Gasteiger partial charge in [0.1, 0.15) is 0 Å². The SMILES string of the molecule is c1ccc(-c2c3ccccc3c(-c3ccc(-c4cccc5ccccc45)nc3)c3ccccc23)cc1. The van der Waals surface area contributed by atoms with Gasteiger partial charge >= 0.3 is 0 Å². The number of fused-ring (bicyclic) bond motifs is 3. The Labute approximate surface area is 210 Å². The van der Waals surface area contributed by atoms with Crippen LogP contribution in [0.1, 0.15) is 0 Å². The predicted octanol–water partition coefficient (Wildman–Crippen LogP) is 9.54. The normalized spacial score (nSPS) is 11.3. The van der Waals surface area contributed by atoms with Crippen LogP contribution in [-0.2, 0) is 0 Å². The summed E-state index contributed by atoms with van der Waals surface area (Å²) in [7, 11) is 0. The summed E-state index contributed by atoms with van der Waals surface area (Å²) in [5.74, 6) is 0. The third-order valence-electron chi connectivity index (χ3n) is 7.11. The lowest BCUT2D eigenvalue weighted by Crippen LogP contribution is -1.92. The van der Waals surface area contributed by atoms with Crippen molar-refractivity contribution < 1.29 is 0 Å². The van der Waals surface area contributed by atoms with Gasteiger partial charge in [-0.25, -0.2) is 0 Å². The summed E-state index contributed by atoms with van der Waals surface area (Å²) in [6, 6.07) is 47.5. The Balaban J connectivity index is 1.47. The molecule has 0 unspecified atom stereocenters. The van der Waals surface area contributed by atoms with Gasteiger partial charge in [-0.2, -0.15) is 0 Å². The van der Waals surface area contributed by atoms with E-state index in [-0.39, 0.29) is 0 Å². The molecule has 0 radical (unpaired) electrons. The highest BCUT2D eigenvalue weighted by Crippen LogP contribution is 2.43. The molecular formula is C35H23N. The predicted molar refractivity (Wildman–Crippen MR) is 153 cm³/mol. The van der Waals surface area contributed by atoms with Crippen molar-refractivity contribution in [3.05, 3.63) is 140 Å². The topological polar surface area (TPSA) is 12.9 Å². The van der Waals surface area contributed by atoms with Gasteiger partial charge in [-0.1, -0.05) is 127 Å². The maximum Gasteiger partial charge on any atom is 0.0708 e. The fraction of sp³-hybridized carbons (Fsp3) is 0. The number of rotatable bonds is 3. The van der Waals surface area contributed by atoms with E-state index in [9.17, 15) is 0 Å². The molecule has 0 atom stereocenters. The summed E-state index contributed by atoms with van der Waals surface area (Å²) < 4.78 is 0. The van der Waals surface area contributed by atoms with Crippen molar-refractivity contribution in [2.24, 2.45) is 0 Å². The highest BCUT2D eigenvalue weighted by atomic mass is 14.7. The summed E-state index contributed by atoms with van der Waals surface area (Å²) in [4.78, 5) is 4.97. The highest BCUT2D eigenvalue weighted by Gasteiger charge is 2.16. The quantitative estimate of drug-likeness (QED) is 0.241. The van der Waals surface area contributed by atoms with Gasteiger partial charge in [0.15, 0.2) is 0 Å². The second kappa shape index (κ2) is 8.48. The van der Waals surface area contributed by atoms with Crippen LogP contribution in [0.25, 0.3) is 65.8 Å². The molecule has 36 heavy (non-hydrogen) atoms. The fourth-order valence-corrected chi connectivity index (χ4v) is 5.51. The Morgan fingerprint density at radius 2 is 0.889 bits per heavy atom. The molecule has 0 amide bonds. The molecule has 0 spiro atoms. The molecule has 0 fully saturated rings. The highest BCUT2D eigenvalue weighted by molar-refractivity contribution is 6.21. The van der Waals surface area contributed by atoms with Crippen LogP contribution in [0, 0.1) is 0 Å². The van der Waals surface area contributed by atoms with E-state index in [1.54, 1.807) is 0 Å². The lowest BCUT2D eigenvalue weighted by molar-refractivity contribution is 1.34. The van der Waals surface area contributed by atoms with Crippen LogP contribution in [0.15, 0.2) is 140 Å². The molecule has 7 rings (SSSR count). The van der Waals surface area contributed by atoms with E-state index in [1.165, 1.54) is 49.0 Å². The first-order chi connectivity index (χ1) is 17.9. The number of aromatic nitrogens is 1. The van der Waals surface area contributed by atoms with Crippen LogP contribution in [0.3, 0.4) is 0 Å². The summed E-state index contributed by atoms with van der Waals surface area (Å²) in [5, 5.41) is 7.47. The Hall–Kier alpha value is -4.75. The van der Waals surface area contributed by atoms with Gasteiger partial charge in [0.05, 0.1) is 5.69 Å². The van der Waals surface area contributed by atoms with Crippen LogP contribution in [0.4, 0.5) is 0 Å². The largest absolute Gasteiger partial charge is 0.256 e. The van der Waals surface area contributed by atoms with Gasteiger partial charge in [0.2, 0.25) is 0 Å². The van der Waals surface area contributed by atoms with E-state index in [2.05, 4.69) is 133 Å². The standard InChI is InChI=1S/C35H23N/c1-2-12-25(13-3-1)34-29-16-6-8-18-31(29)35(32-19-9-7-17-30(32)34)26-21-22-33(36-23-26)28-20-10-14-24-11-4-5-15-27(24)28/h1-23H. The minimum atomic E-state index is 0.991. The van der Waals surface area contributed by atoms with E-state index in [0.29, 0.717) is 0 Å². The molecular weight excluding hydrogens is 434 g/mol. The molecule has 0 aliphatic heterocycles. The average Bonchev–Trinajstić information content (AvgIpc) is 2.96. The summed E-state index contributed by atoms with van der Waals surface area (Å²) in [6.07, 6.45) is 2.04. The van der Waals surface area contributed by atoms with E-state index in [1.807, 2.05) is 6.20 Å². The first-order valence-corrected chi connectivity index (χ1v) is 12.3. The fourth-order valence-electron chi connectivity index (χ4n) is 5.51. The van der Waals surface area contributed by atoms with Gasteiger partial charge in [0, 0.05) is 17.3 Å². The van der Waals surface area contributed by atoms with Crippen molar-refractivity contribution in [1.82, 2.24) is 4.98 Å². The zero-order chi connectivity index (χ0) is 23.9. The van der Waals surface area contributed by atoms with E-state index < -0.39 is 0 Å². The number of hydrogen-bond donors (Lipinski definition) is 0. The van der Waals surface area contributed by atoms with Crippen LogP contribution in [0.5, 0.6) is 0 Å². The molecule has 0 N–H and O–H groups in total. The molecule has 6 aromatic carbocycles. The van der Waals surface area contributed by atoms with Crippen molar-refractivity contribution in [3.8, 4) is 33.5 Å². The summed E-state index contributed by atoms with van der Waals surface area (Å²) in [6.45, 7) is 0. The number of benzene rings is 6. The van der Waals surface area contributed by atoms with Gasteiger partial charge in [0.25, 0.3) is 0 Å². The van der Waals surface area contributed by atoms with Crippen molar-refractivity contribution in [2.45, 2.75) is 0 Å². The molecule has 1 nitrogen and oxygen atoms in total. The Kier molecular flexibility index (Phi) is 4.85. The van der Waals surface area contributed by atoms with E-state index >= 15 is 0 Å². The van der Waals surface area contributed by atoms with Crippen molar-refractivity contribution in [3.63, 3.8) is 0 Å². The van der Waals surface area contributed by atoms with Crippen LogP contribution in [-0.4, -0.2) is 4.98 Å². The molecule has 7 aromatic rings. The molecule has 1 aromatic heterocycles.